The highest BCUT2D eigenvalue weighted by molar-refractivity contribution is 5.80. The Morgan fingerprint density at radius 1 is 1.53 bits per heavy atom. The van der Waals surface area contributed by atoms with Crippen molar-refractivity contribution in [3.05, 3.63) is 18.2 Å². The van der Waals surface area contributed by atoms with Gasteiger partial charge >= 0.3 is 0 Å². The van der Waals surface area contributed by atoms with Gasteiger partial charge in [-0.1, -0.05) is 13.8 Å². The average Bonchev–Trinajstić information content (AvgIpc) is 2.56. The molecule has 1 saturated carbocycles. The van der Waals surface area contributed by atoms with Gasteiger partial charge in [-0.15, -0.1) is 0 Å². The smallest absolute Gasteiger partial charge is 0.133 e. The normalized spacial score (nSPS) is 25.5. The number of rotatable bonds is 1. The Hall–Kier alpha value is -1.12. The van der Waals surface area contributed by atoms with E-state index >= 15 is 0 Å². The summed E-state index contributed by atoms with van der Waals surface area (Å²) in [5, 5.41) is 0. The van der Waals surface area contributed by atoms with Crippen molar-refractivity contribution in [2.24, 2.45) is 12.5 Å². The topological polar surface area (TPSA) is 34.9 Å². The number of aromatic nitrogens is 2. The van der Waals surface area contributed by atoms with Crippen LogP contribution in [0.3, 0.4) is 0 Å². The minimum Gasteiger partial charge on any atom is -0.340 e. The summed E-state index contributed by atoms with van der Waals surface area (Å²) in [5.41, 5.74) is 1.26. The first-order valence-corrected chi connectivity index (χ1v) is 5.48. The SMILES string of the molecule is Cn1cnc(C2CC(=O)CCC2(C)C)c1. The molecule has 1 aliphatic carbocycles. The number of aryl methyl sites for hydroxylation is 1. The van der Waals surface area contributed by atoms with Gasteiger partial charge in [-0.3, -0.25) is 4.79 Å². The Kier molecular flexibility index (Phi) is 2.41. The van der Waals surface area contributed by atoms with E-state index in [-0.39, 0.29) is 5.41 Å². The minimum absolute atomic E-state index is 0.197. The predicted octanol–water partition coefficient (Wildman–Crippen LogP) is 2.28. The minimum atomic E-state index is 0.197. The molecule has 0 bridgehead atoms. The van der Waals surface area contributed by atoms with E-state index in [0.29, 0.717) is 18.1 Å². The number of carbonyl (C=O) groups is 1. The van der Waals surface area contributed by atoms with E-state index in [4.69, 9.17) is 0 Å². The van der Waals surface area contributed by atoms with Gasteiger partial charge in [0.25, 0.3) is 0 Å². The summed E-state index contributed by atoms with van der Waals surface area (Å²) >= 11 is 0. The summed E-state index contributed by atoms with van der Waals surface area (Å²) in [6.45, 7) is 4.47. The molecule has 1 heterocycles. The van der Waals surface area contributed by atoms with Crippen molar-refractivity contribution in [3.63, 3.8) is 0 Å². The molecule has 15 heavy (non-hydrogen) atoms. The number of hydrogen-bond donors (Lipinski definition) is 0. The highest BCUT2D eigenvalue weighted by Gasteiger charge is 2.37. The van der Waals surface area contributed by atoms with Crippen LogP contribution in [0.2, 0.25) is 0 Å². The van der Waals surface area contributed by atoms with Crippen molar-refractivity contribution < 1.29 is 4.79 Å². The van der Waals surface area contributed by atoms with Crippen molar-refractivity contribution in [3.8, 4) is 0 Å². The van der Waals surface area contributed by atoms with E-state index in [2.05, 4.69) is 18.8 Å². The zero-order valence-corrected chi connectivity index (χ0v) is 9.66. The monoisotopic (exact) mass is 206 g/mol. The summed E-state index contributed by atoms with van der Waals surface area (Å²) in [6.07, 6.45) is 6.21. The molecule has 1 fully saturated rings. The summed E-state index contributed by atoms with van der Waals surface area (Å²) < 4.78 is 1.95. The molecule has 1 aliphatic rings. The van der Waals surface area contributed by atoms with Gasteiger partial charge in [0.1, 0.15) is 5.78 Å². The Balaban J connectivity index is 2.29. The first-order chi connectivity index (χ1) is 6.99. The lowest BCUT2D eigenvalue weighted by atomic mass is 9.67. The van der Waals surface area contributed by atoms with Crippen molar-refractivity contribution in [1.29, 1.82) is 0 Å². The van der Waals surface area contributed by atoms with Gasteiger partial charge in [-0.05, 0) is 11.8 Å². The maximum Gasteiger partial charge on any atom is 0.133 e. The third-order valence-electron chi connectivity index (χ3n) is 3.51. The molecule has 0 aromatic carbocycles. The van der Waals surface area contributed by atoms with E-state index in [0.717, 1.165) is 18.5 Å². The van der Waals surface area contributed by atoms with Crippen molar-refractivity contribution in [1.82, 2.24) is 9.55 Å². The van der Waals surface area contributed by atoms with E-state index in [1.54, 1.807) is 0 Å². The number of imidazole rings is 1. The Labute approximate surface area is 90.5 Å². The Morgan fingerprint density at radius 3 is 2.87 bits per heavy atom. The molecule has 1 aromatic rings. The van der Waals surface area contributed by atoms with Gasteiger partial charge < -0.3 is 4.57 Å². The molecule has 1 unspecified atom stereocenters. The molecule has 3 nitrogen and oxygen atoms in total. The maximum absolute atomic E-state index is 11.5. The highest BCUT2D eigenvalue weighted by Crippen LogP contribution is 2.44. The van der Waals surface area contributed by atoms with Crippen LogP contribution in [0.4, 0.5) is 0 Å². The summed E-state index contributed by atoms with van der Waals surface area (Å²) in [4.78, 5) is 15.9. The van der Waals surface area contributed by atoms with Crippen LogP contribution in [0.1, 0.15) is 44.7 Å². The summed E-state index contributed by atoms with van der Waals surface area (Å²) in [7, 11) is 1.97. The van der Waals surface area contributed by atoms with Gasteiger partial charge in [0.05, 0.1) is 12.0 Å². The van der Waals surface area contributed by atoms with Crippen LogP contribution in [0.15, 0.2) is 12.5 Å². The largest absolute Gasteiger partial charge is 0.340 e. The van der Waals surface area contributed by atoms with Crippen molar-refractivity contribution in [2.45, 2.75) is 39.0 Å². The van der Waals surface area contributed by atoms with E-state index in [9.17, 15) is 4.79 Å². The number of Topliss-reactive ketones (excluding diaryl/α,β-unsaturated/α-hetero) is 1. The van der Waals surface area contributed by atoms with E-state index in [1.165, 1.54) is 0 Å². The molecule has 0 saturated heterocycles. The first kappa shape index (κ1) is 10.4. The molecule has 1 aromatic heterocycles. The van der Waals surface area contributed by atoms with Gasteiger partial charge in [-0.2, -0.15) is 0 Å². The zero-order valence-electron chi connectivity index (χ0n) is 9.66. The van der Waals surface area contributed by atoms with Crippen LogP contribution >= 0.6 is 0 Å². The van der Waals surface area contributed by atoms with Crippen LogP contribution in [0.25, 0.3) is 0 Å². The van der Waals surface area contributed by atoms with E-state index in [1.807, 2.05) is 24.1 Å². The number of hydrogen-bond acceptors (Lipinski definition) is 2. The van der Waals surface area contributed by atoms with Crippen LogP contribution in [-0.4, -0.2) is 15.3 Å². The second-order valence-corrected chi connectivity index (χ2v) is 5.25. The fourth-order valence-corrected chi connectivity index (χ4v) is 2.36. The van der Waals surface area contributed by atoms with Gasteiger partial charge in [0.2, 0.25) is 0 Å². The number of nitrogens with zero attached hydrogens (tertiary/aromatic N) is 2. The van der Waals surface area contributed by atoms with E-state index < -0.39 is 0 Å². The van der Waals surface area contributed by atoms with Crippen LogP contribution in [0.5, 0.6) is 0 Å². The molecule has 0 aliphatic heterocycles. The molecule has 0 spiro atoms. The molecule has 82 valence electrons. The van der Waals surface area contributed by atoms with Gasteiger partial charge in [0.15, 0.2) is 0 Å². The average molecular weight is 206 g/mol. The molecular formula is C12H18N2O. The molecule has 0 N–H and O–H groups in total. The molecule has 2 rings (SSSR count). The van der Waals surface area contributed by atoms with Crippen molar-refractivity contribution >= 4 is 5.78 Å². The lowest BCUT2D eigenvalue weighted by Gasteiger charge is -2.36. The predicted molar refractivity (Wildman–Crippen MR) is 58.6 cm³/mol. The molecule has 1 atom stereocenters. The van der Waals surface area contributed by atoms with Gasteiger partial charge in [-0.25, -0.2) is 4.98 Å². The summed E-state index contributed by atoms with van der Waals surface area (Å²) in [5.74, 6) is 0.671. The molecule has 0 amide bonds. The summed E-state index contributed by atoms with van der Waals surface area (Å²) in [6, 6.07) is 0. The molecule has 3 heteroatoms. The fourth-order valence-electron chi connectivity index (χ4n) is 2.36. The zero-order chi connectivity index (χ0) is 11.1. The second-order valence-electron chi connectivity index (χ2n) is 5.25. The number of ketones is 1. The maximum atomic E-state index is 11.5. The molecule has 0 radical (unpaired) electrons. The fraction of sp³-hybridized carbons (Fsp3) is 0.667. The Morgan fingerprint density at radius 2 is 2.27 bits per heavy atom. The Bertz CT molecular complexity index is 379. The first-order valence-electron chi connectivity index (χ1n) is 5.48. The lowest BCUT2D eigenvalue weighted by molar-refractivity contribution is -0.122. The third kappa shape index (κ3) is 1.96. The van der Waals surface area contributed by atoms with Gasteiger partial charge in [0, 0.05) is 32.0 Å². The van der Waals surface area contributed by atoms with Crippen LogP contribution < -0.4 is 0 Å². The highest BCUT2D eigenvalue weighted by atomic mass is 16.1. The number of carbonyl (C=O) groups excluding carboxylic acids is 1. The lowest BCUT2D eigenvalue weighted by Crippen LogP contribution is -2.30. The third-order valence-corrected chi connectivity index (χ3v) is 3.51. The quantitative estimate of drug-likeness (QED) is 0.706. The molecular weight excluding hydrogens is 188 g/mol. The van der Waals surface area contributed by atoms with Crippen LogP contribution in [-0.2, 0) is 11.8 Å². The standard InChI is InChI=1S/C12H18N2O/c1-12(2)5-4-9(15)6-10(12)11-7-14(3)8-13-11/h7-8,10H,4-6H2,1-3H3. The van der Waals surface area contributed by atoms with Crippen LogP contribution in [0, 0.1) is 5.41 Å². The van der Waals surface area contributed by atoms with Crippen molar-refractivity contribution in [2.75, 3.05) is 0 Å². The second kappa shape index (κ2) is 3.47.